The highest BCUT2D eigenvalue weighted by molar-refractivity contribution is 5.15. The van der Waals surface area contributed by atoms with Crippen LogP contribution >= 0.6 is 0 Å². The molecule has 3 heteroatoms. The predicted molar refractivity (Wildman–Crippen MR) is 56.1 cm³/mol. The Labute approximate surface area is 89.6 Å². The smallest absolute Gasteiger partial charge is 0.184 e. The van der Waals surface area contributed by atoms with Crippen LogP contribution in [-0.2, 0) is 9.47 Å². The van der Waals surface area contributed by atoms with Gasteiger partial charge in [-0.25, -0.2) is 0 Å². The van der Waals surface area contributed by atoms with Gasteiger partial charge in [0.15, 0.2) is 12.6 Å². The second kappa shape index (κ2) is 5.26. The Kier molecular flexibility index (Phi) is 3.72. The largest absolute Gasteiger partial charge is 0.364 e. The summed E-state index contributed by atoms with van der Waals surface area (Å²) in [5.74, 6) is 0. The van der Waals surface area contributed by atoms with Crippen molar-refractivity contribution in [3.05, 3.63) is 35.9 Å². The number of ether oxygens (including phenoxy) is 2. The van der Waals surface area contributed by atoms with E-state index in [-0.39, 0.29) is 6.29 Å². The molecule has 0 bridgehead atoms. The van der Waals surface area contributed by atoms with E-state index in [1.165, 1.54) is 0 Å². The molecule has 2 atom stereocenters. The molecule has 0 aromatic heterocycles. The van der Waals surface area contributed by atoms with Crippen molar-refractivity contribution in [3.8, 4) is 0 Å². The number of rotatable bonds is 3. The second-order valence-corrected chi connectivity index (χ2v) is 3.70. The van der Waals surface area contributed by atoms with E-state index in [1.54, 1.807) is 0 Å². The lowest BCUT2D eigenvalue weighted by atomic mass is 10.2. The maximum atomic E-state index is 9.77. The van der Waals surface area contributed by atoms with Crippen LogP contribution in [0, 0.1) is 0 Å². The molecular weight excluding hydrogens is 192 g/mol. The van der Waals surface area contributed by atoms with Gasteiger partial charge < -0.3 is 14.6 Å². The first-order valence-corrected chi connectivity index (χ1v) is 5.36. The fraction of sp³-hybridized carbons (Fsp3) is 0.500. The van der Waals surface area contributed by atoms with Gasteiger partial charge in [0.1, 0.15) is 0 Å². The van der Waals surface area contributed by atoms with E-state index in [0.29, 0.717) is 0 Å². The van der Waals surface area contributed by atoms with Gasteiger partial charge in [0, 0.05) is 12.2 Å². The monoisotopic (exact) mass is 208 g/mol. The first-order chi connectivity index (χ1) is 7.36. The Hall–Kier alpha value is -0.900. The van der Waals surface area contributed by atoms with Gasteiger partial charge in [-0.2, -0.15) is 0 Å². The highest BCUT2D eigenvalue weighted by Gasteiger charge is 2.18. The molecule has 0 spiro atoms. The van der Waals surface area contributed by atoms with Crippen LogP contribution < -0.4 is 0 Å². The summed E-state index contributed by atoms with van der Waals surface area (Å²) in [5, 5.41) is 9.77. The molecule has 1 aromatic carbocycles. The first kappa shape index (κ1) is 10.6. The SMILES string of the molecule is OC(OC1CCCCO1)c1ccccc1. The summed E-state index contributed by atoms with van der Waals surface area (Å²) in [6, 6.07) is 9.35. The second-order valence-electron chi connectivity index (χ2n) is 3.70. The van der Waals surface area contributed by atoms with Crippen molar-refractivity contribution in [2.24, 2.45) is 0 Å². The fourth-order valence-corrected chi connectivity index (χ4v) is 1.66. The van der Waals surface area contributed by atoms with Gasteiger partial charge in [-0.05, 0) is 19.3 Å². The first-order valence-electron chi connectivity index (χ1n) is 5.36. The summed E-state index contributed by atoms with van der Waals surface area (Å²) in [4.78, 5) is 0. The zero-order valence-electron chi connectivity index (χ0n) is 8.63. The van der Waals surface area contributed by atoms with Crippen LogP contribution in [0.2, 0.25) is 0 Å². The number of benzene rings is 1. The zero-order chi connectivity index (χ0) is 10.5. The summed E-state index contributed by atoms with van der Waals surface area (Å²) < 4.78 is 10.8. The molecule has 0 aliphatic carbocycles. The lowest BCUT2D eigenvalue weighted by Crippen LogP contribution is -2.24. The Balaban J connectivity index is 1.88. The van der Waals surface area contributed by atoms with Gasteiger partial charge in [-0.1, -0.05) is 30.3 Å². The van der Waals surface area contributed by atoms with E-state index in [1.807, 2.05) is 30.3 Å². The lowest BCUT2D eigenvalue weighted by Gasteiger charge is -2.25. The third-order valence-corrected chi connectivity index (χ3v) is 2.50. The minimum absolute atomic E-state index is 0.256. The average Bonchev–Trinajstić information content (AvgIpc) is 2.31. The standard InChI is InChI=1S/C12H16O3/c13-12(10-6-2-1-3-7-10)15-11-8-4-5-9-14-11/h1-3,6-7,11-13H,4-5,8-9H2. The molecule has 1 aromatic rings. The van der Waals surface area contributed by atoms with E-state index in [9.17, 15) is 5.11 Å². The van der Waals surface area contributed by atoms with Gasteiger partial charge >= 0.3 is 0 Å². The molecule has 1 N–H and O–H groups in total. The maximum absolute atomic E-state index is 9.77. The van der Waals surface area contributed by atoms with Gasteiger partial charge in [-0.15, -0.1) is 0 Å². The van der Waals surface area contributed by atoms with Crippen LogP contribution in [0.5, 0.6) is 0 Å². The van der Waals surface area contributed by atoms with Crippen LogP contribution in [0.3, 0.4) is 0 Å². The number of aliphatic hydroxyl groups excluding tert-OH is 1. The van der Waals surface area contributed by atoms with Crippen molar-refractivity contribution in [2.75, 3.05) is 6.61 Å². The van der Waals surface area contributed by atoms with E-state index in [4.69, 9.17) is 9.47 Å². The molecule has 82 valence electrons. The van der Waals surface area contributed by atoms with E-state index in [2.05, 4.69) is 0 Å². The molecule has 1 aliphatic rings. The fourth-order valence-electron chi connectivity index (χ4n) is 1.66. The predicted octanol–water partition coefficient (Wildman–Crippen LogP) is 2.22. The Morgan fingerprint density at radius 1 is 1.27 bits per heavy atom. The Morgan fingerprint density at radius 3 is 2.73 bits per heavy atom. The molecular formula is C12H16O3. The molecule has 1 heterocycles. The van der Waals surface area contributed by atoms with Crippen molar-refractivity contribution in [1.82, 2.24) is 0 Å². The van der Waals surface area contributed by atoms with Crippen LogP contribution in [0.15, 0.2) is 30.3 Å². The summed E-state index contributed by atoms with van der Waals surface area (Å²) >= 11 is 0. The van der Waals surface area contributed by atoms with Crippen LogP contribution in [-0.4, -0.2) is 18.0 Å². The normalized spacial score (nSPS) is 23.7. The van der Waals surface area contributed by atoms with Gasteiger partial charge in [0.05, 0.1) is 0 Å². The van der Waals surface area contributed by atoms with Crippen LogP contribution in [0.25, 0.3) is 0 Å². The van der Waals surface area contributed by atoms with Crippen molar-refractivity contribution < 1.29 is 14.6 Å². The van der Waals surface area contributed by atoms with E-state index < -0.39 is 6.29 Å². The summed E-state index contributed by atoms with van der Waals surface area (Å²) in [6.45, 7) is 0.728. The van der Waals surface area contributed by atoms with Crippen molar-refractivity contribution in [2.45, 2.75) is 31.8 Å². The zero-order valence-corrected chi connectivity index (χ0v) is 8.63. The highest BCUT2D eigenvalue weighted by atomic mass is 16.7. The summed E-state index contributed by atoms with van der Waals surface area (Å²) in [5.41, 5.74) is 0.770. The van der Waals surface area contributed by atoms with Crippen LogP contribution in [0.4, 0.5) is 0 Å². The number of aliphatic hydroxyl groups is 1. The topological polar surface area (TPSA) is 38.7 Å². The molecule has 2 rings (SSSR count). The number of hydrogen-bond donors (Lipinski definition) is 1. The van der Waals surface area contributed by atoms with Gasteiger partial charge in [0.25, 0.3) is 0 Å². The van der Waals surface area contributed by atoms with Crippen LogP contribution in [0.1, 0.15) is 31.1 Å². The van der Waals surface area contributed by atoms with Gasteiger partial charge in [0.2, 0.25) is 0 Å². The molecule has 1 saturated heterocycles. The maximum Gasteiger partial charge on any atom is 0.184 e. The molecule has 1 fully saturated rings. The van der Waals surface area contributed by atoms with Gasteiger partial charge in [-0.3, -0.25) is 0 Å². The van der Waals surface area contributed by atoms with Crippen molar-refractivity contribution in [1.29, 1.82) is 0 Å². The summed E-state index contributed by atoms with van der Waals surface area (Å²) in [6.07, 6.45) is 1.92. The third-order valence-electron chi connectivity index (χ3n) is 2.50. The number of hydrogen-bond acceptors (Lipinski definition) is 3. The quantitative estimate of drug-likeness (QED) is 0.774. The van der Waals surface area contributed by atoms with Crippen molar-refractivity contribution in [3.63, 3.8) is 0 Å². The third kappa shape index (κ3) is 3.02. The Bertz CT molecular complexity index is 280. The Morgan fingerprint density at radius 2 is 2.07 bits per heavy atom. The lowest BCUT2D eigenvalue weighted by molar-refractivity contribution is -0.243. The molecule has 0 saturated carbocycles. The van der Waals surface area contributed by atoms with E-state index in [0.717, 1.165) is 31.4 Å². The molecule has 3 nitrogen and oxygen atoms in total. The van der Waals surface area contributed by atoms with E-state index >= 15 is 0 Å². The molecule has 15 heavy (non-hydrogen) atoms. The molecule has 2 unspecified atom stereocenters. The molecule has 0 amide bonds. The molecule has 1 aliphatic heterocycles. The average molecular weight is 208 g/mol. The van der Waals surface area contributed by atoms with Crippen molar-refractivity contribution >= 4 is 0 Å². The highest BCUT2D eigenvalue weighted by Crippen LogP contribution is 2.21. The minimum atomic E-state index is -0.880. The minimum Gasteiger partial charge on any atom is -0.364 e. The summed E-state index contributed by atoms with van der Waals surface area (Å²) in [7, 11) is 0. The molecule has 0 radical (unpaired) electrons.